The van der Waals surface area contributed by atoms with Gasteiger partial charge in [-0.2, -0.15) is 0 Å². The van der Waals surface area contributed by atoms with Crippen molar-refractivity contribution in [2.24, 2.45) is 0 Å². The molecule has 4 heteroatoms. The van der Waals surface area contributed by atoms with Crippen molar-refractivity contribution in [1.29, 1.82) is 0 Å². The molecule has 0 saturated carbocycles. The first-order chi connectivity index (χ1) is 9.47. The average molecular weight is 398 g/mol. The second-order valence-corrected chi connectivity index (χ2v) is 6.81. The summed E-state index contributed by atoms with van der Waals surface area (Å²) in [5, 5.41) is 3.54. The van der Waals surface area contributed by atoms with Gasteiger partial charge in [0.15, 0.2) is 0 Å². The lowest BCUT2D eigenvalue weighted by atomic mass is 10.00. The van der Waals surface area contributed by atoms with Gasteiger partial charge in [-0.3, -0.25) is 4.98 Å². The first-order valence-corrected chi connectivity index (χ1v) is 8.16. The number of nitrogens with zero attached hydrogens (tertiary/aromatic N) is 1. The molecule has 0 fully saturated rings. The van der Waals surface area contributed by atoms with E-state index in [4.69, 9.17) is 0 Å². The Balaban J connectivity index is 2.08. The Bertz CT molecular complexity index is 611. The summed E-state index contributed by atoms with van der Waals surface area (Å²) in [4.78, 5) is 4.43. The monoisotopic (exact) mass is 396 g/mol. The van der Waals surface area contributed by atoms with E-state index in [0.29, 0.717) is 6.04 Å². The quantitative estimate of drug-likeness (QED) is 0.778. The molecule has 0 saturated heterocycles. The van der Waals surface area contributed by atoms with Gasteiger partial charge in [-0.25, -0.2) is 0 Å². The largest absolute Gasteiger partial charge is 0.305 e. The fraction of sp³-hybridized carbons (Fsp3) is 0.312. The zero-order valence-electron chi connectivity index (χ0n) is 11.9. The molecular weight excluding hydrogens is 380 g/mol. The molecule has 0 amide bonds. The van der Waals surface area contributed by atoms with E-state index in [1.165, 1.54) is 16.7 Å². The van der Waals surface area contributed by atoms with Gasteiger partial charge in [0.25, 0.3) is 0 Å². The lowest BCUT2D eigenvalue weighted by Crippen LogP contribution is -2.20. The molecule has 0 aliphatic carbocycles. The second-order valence-electron chi connectivity index (χ2n) is 5.04. The molecule has 0 bridgehead atoms. The molecule has 106 valence electrons. The van der Waals surface area contributed by atoms with Crippen molar-refractivity contribution in [2.45, 2.75) is 33.4 Å². The van der Waals surface area contributed by atoms with Crippen LogP contribution in [-0.4, -0.2) is 4.98 Å². The van der Waals surface area contributed by atoms with Crippen molar-refractivity contribution in [3.63, 3.8) is 0 Å². The molecule has 2 rings (SSSR count). The number of nitrogens with one attached hydrogen (secondary N) is 1. The number of rotatable bonds is 4. The average Bonchev–Trinajstić information content (AvgIpc) is 2.40. The molecule has 0 spiro atoms. The van der Waals surface area contributed by atoms with Gasteiger partial charge >= 0.3 is 0 Å². The summed E-state index contributed by atoms with van der Waals surface area (Å²) in [6.07, 6.45) is 1.82. The second kappa shape index (κ2) is 6.83. The van der Waals surface area contributed by atoms with Gasteiger partial charge in [0.2, 0.25) is 0 Å². The molecule has 20 heavy (non-hydrogen) atoms. The highest BCUT2D eigenvalue weighted by Gasteiger charge is 2.10. The fourth-order valence-electron chi connectivity index (χ4n) is 2.16. The van der Waals surface area contributed by atoms with Crippen LogP contribution < -0.4 is 5.32 Å². The van der Waals surface area contributed by atoms with Crippen molar-refractivity contribution in [3.05, 3.63) is 61.8 Å². The molecule has 2 aromatic rings. The first kappa shape index (κ1) is 15.7. The Morgan fingerprint density at radius 1 is 1.20 bits per heavy atom. The van der Waals surface area contributed by atoms with Gasteiger partial charge in [-0.1, -0.05) is 23.8 Å². The number of aryl methyl sites for hydroxylation is 2. The highest BCUT2D eigenvalue weighted by Crippen LogP contribution is 2.22. The lowest BCUT2D eigenvalue weighted by molar-refractivity contribution is 0.564. The van der Waals surface area contributed by atoms with Gasteiger partial charge in [0, 0.05) is 27.7 Å². The molecule has 1 heterocycles. The van der Waals surface area contributed by atoms with Crippen LogP contribution >= 0.6 is 31.9 Å². The normalized spacial score (nSPS) is 12.4. The zero-order valence-corrected chi connectivity index (χ0v) is 15.0. The highest BCUT2D eigenvalue weighted by atomic mass is 79.9. The maximum Gasteiger partial charge on any atom is 0.0684 e. The Kier molecular flexibility index (Phi) is 5.35. The summed E-state index contributed by atoms with van der Waals surface area (Å²) in [5.41, 5.74) is 4.98. The summed E-state index contributed by atoms with van der Waals surface area (Å²) in [7, 11) is 0. The van der Waals surface area contributed by atoms with E-state index in [-0.39, 0.29) is 0 Å². The molecule has 2 nitrogen and oxygen atoms in total. The topological polar surface area (TPSA) is 24.9 Å². The molecule has 1 aromatic carbocycles. The van der Waals surface area contributed by atoms with E-state index in [1.807, 2.05) is 12.3 Å². The minimum absolute atomic E-state index is 0.298. The van der Waals surface area contributed by atoms with Gasteiger partial charge in [-0.15, -0.1) is 0 Å². The van der Waals surface area contributed by atoms with E-state index in [0.717, 1.165) is 21.2 Å². The van der Waals surface area contributed by atoms with Crippen LogP contribution in [0.3, 0.4) is 0 Å². The Hall–Kier alpha value is -0.710. The summed E-state index contributed by atoms with van der Waals surface area (Å²) in [5.74, 6) is 0. The smallest absolute Gasteiger partial charge is 0.0684 e. The van der Waals surface area contributed by atoms with Crippen LogP contribution in [-0.2, 0) is 6.54 Å². The highest BCUT2D eigenvalue weighted by molar-refractivity contribution is 9.11. The Morgan fingerprint density at radius 2 is 1.95 bits per heavy atom. The molecule has 0 aliphatic heterocycles. The van der Waals surface area contributed by atoms with Gasteiger partial charge in [0.1, 0.15) is 0 Å². The van der Waals surface area contributed by atoms with E-state index in [2.05, 4.69) is 81.1 Å². The fourth-order valence-corrected chi connectivity index (χ4v) is 3.29. The van der Waals surface area contributed by atoms with Crippen molar-refractivity contribution >= 4 is 31.9 Å². The third-order valence-corrected chi connectivity index (χ3v) is 4.48. The van der Waals surface area contributed by atoms with Crippen LogP contribution in [0.5, 0.6) is 0 Å². The summed E-state index contributed by atoms with van der Waals surface area (Å²) < 4.78 is 2.00. The van der Waals surface area contributed by atoms with E-state index >= 15 is 0 Å². The van der Waals surface area contributed by atoms with Crippen LogP contribution in [0, 0.1) is 13.8 Å². The Morgan fingerprint density at radius 3 is 2.65 bits per heavy atom. The molecule has 1 unspecified atom stereocenters. The number of pyridine rings is 1. The van der Waals surface area contributed by atoms with Crippen molar-refractivity contribution < 1.29 is 0 Å². The van der Waals surface area contributed by atoms with Gasteiger partial charge in [0.05, 0.1) is 5.69 Å². The summed E-state index contributed by atoms with van der Waals surface area (Å²) in [6, 6.07) is 8.89. The molecule has 1 aromatic heterocycles. The third kappa shape index (κ3) is 3.90. The standard InChI is InChI=1S/C16H18Br2N2/c1-10-4-5-11(2)14(6-10)12(3)19-9-16-15(18)7-13(17)8-20-16/h4-8,12,19H,9H2,1-3H3. The summed E-state index contributed by atoms with van der Waals surface area (Å²) in [6.45, 7) is 7.21. The van der Waals surface area contributed by atoms with Crippen LogP contribution in [0.2, 0.25) is 0 Å². The predicted molar refractivity (Wildman–Crippen MR) is 90.8 cm³/mol. The summed E-state index contributed by atoms with van der Waals surface area (Å²) >= 11 is 6.96. The van der Waals surface area contributed by atoms with Crippen molar-refractivity contribution in [3.8, 4) is 0 Å². The van der Waals surface area contributed by atoms with Crippen LogP contribution in [0.25, 0.3) is 0 Å². The van der Waals surface area contributed by atoms with Crippen molar-refractivity contribution in [2.75, 3.05) is 0 Å². The van der Waals surface area contributed by atoms with Crippen LogP contribution in [0.15, 0.2) is 39.4 Å². The van der Waals surface area contributed by atoms with Crippen LogP contribution in [0.1, 0.15) is 35.3 Å². The molecule has 0 radical (unpaired) electrons. The third-order valence-electron chi connectivity index (χ3n) is 3.36. The Labute approximate surface area is 137 Å². The van der Waals surface area contributed by atoms with Gasteiger partial charge < -0.3 is 5.32 Å². The minimum atomic E-state index is 0.298. The van der Waals surface area contributed by atoms with E-state index < -0.39 is 0 Å². The first-order valence-electron chi connectivity index (χ1n) is 6.58. The molecule has 1 atom stereocenters. The van der Waals surface area contributed by atoms with Crippen LogP contribution in [0.4, 0.5) is 0 Å². The number of benzene rings is 1. The molecule has 1 N–H and O–H groups in total. The molecule has 0 aliphatic rings. The number of halogens is 2. The minimum Gasteiger partial charge on any atom is -0.305 e. The van der Waals surface area contributed by atoms with E-state index in [9.17, 15) is 0 Å². The maximum absolute atomic E-state index is 4.43. The lowest BCUT2D eigenvalue weighted by Gasteiger charge is -2.17. The van der Waals surface area contributed by atoms with E-state index in [1.54, 1.807) is 0 Å². The number of hydrogen-bond acceptors (Lipinski definition) is 2. The maximum atomic E-state index is 4.43. The van der Waals surface area contributed by atoms with Gasteiger partial charge in [-0.05, 0) is 69.8 Å². The number of hydrogen-bond donors (Lipinski definition) is 1. The molecular formula is C16H18Br2N2. The number of aromatic nitrogens is 1. The SMILES string of the molecule is Cc1ccc(C)c(C(C)NCc2ncc(Br)cc2Br)c1. The van der Waals surface area contributed by atoms with Crippen molar-refractivity contribution in [1.82, 2.24) is 10.3 Å². The zero-order chi connectivity index (χ0) is 14.7. The predicted octanol–water partition coefficient (Wildman–Crippen LogP) is 5.07.